The van der Waals surface area contributed by atoms with Crippen molar-refractivity contribution in [3.05, 3.63) is 83.9 Å². The third kappa shape index (κ3) is 6.22. The predicted molar refractivity (Wildman–Crippen MR) is 174 cm³/mol. The minimum absolute atomic E-state index is 0.123. The van der Waals surface area contributed by atoms with Gasteiger partial charge in [-0.25, -0.2) is 9.59 Å². The summed E-state index contributed by atoms with van der Waals surface area (Å²) in [6.45, 7) is 6.53. The zero-order valence-corrected chi connectivity index (χ0v) is 25.7. The van der Waals surface area contributed by atoms with Gasteiger partial charge >= 0.3 is 12.0 Å². The van der Waals surface area contributed by atoms with Crippen molar-refractivity contribution in [2.75, 3.05) is 18.0 Å². The smallest absolute Gasteiger partial charge is 0.335 e. The quantitative estimate of drug-likeness (QED) is 0.289. The second kappa shape index (κ2) is 12.8. The fourth-order valence-corrected chi connectivity index (χ4v) is 6.95. The number of piperidine rings is 1. The minimum atomic E-state index is -0.961. The summed E-state index contributed by atoms with van der Waals surface area (Å²) in [6, 6.07) is 23.2. The number of amidine groups is 1. The Labute approximate surface area is 259 Å². The van der Waals surface area contributed by atoms with Crippen molar-refractivity contribution in [1.29, 1.82) is 0 Å². The molecule has 1 spiro atoms. The van der Waals surface area contributed by atoms with Crippen LogP contribution in [0.4, 0.5) is 10.5 Å². The number of ether oxygens (including phenoxy) is 1. The van der Waals surface area contributed by atoms with Gasteiger partial charge < -0.3 is 9.84 Å². The SMILES string of the molecule is CC(C)Oc1cccc(CN2CCC3(CC2)C(=NC2CCCCC2)NC(=O)N3c2ccccc2-c2ccc(C(=O)O)cc2)c1. The topological polar surface area (TPSA) is 94.5 Å². The first-order valence-electron chi connectivity index (χ1n) is 15.9. The van der Waals surface area contributed by atoms with Gasteiger partial charge in [-0.1, -0.05) is 61.7 Å². The van der Waals surface area contributed by atoms with Crippen LogP contribution in [0, 0.1) is 0 Å². The molecule has 3 aromatic rings. The van der Waals surface area contributed by atoms with Gasteiger partial charge in [-0.05, 0) is 81.0 Å². The number of nitrogens with one attached hydrogen (secondary N) is 1. The molecule has 2 aliphatic heterocycles. The third-order valence-corrected chi connectivity index (χ3v) is 9.13. The number of nitrogens with zero attached hydrogens (tertiary/aromatic N) is 3. The molecule has 0 bridgehead atoms. The number of hydrogen-bond donors (Lipinski definition) is 2. The number of urea groups is 1. The second-order valence-corrected chi connectivity index (χ2v) is 12.6. The Kier molecular flexibility index (Phi) is 8.71. The molecule has 8 heteroatoms. The lowest BCUT2D eigenvalue weighted by Crippen LogP contribution is -2.57. The Morgan fingerprint density at radius 3 is 2.43 bits per heavy atom. The fourth-order valence-electron chi connectivity index (χ4n) is 6.95. The van der Waals surface area contributed by atoms with Gasteiger partial charge in [0.15, 0.2) is 0 Å². The zero-order valence-electron chi connectivity index (χ0n) is 25.7. The number of likely N-dealkylation sites (tertiary alicyclic amines) is 1. The van der Waals surface area contributed by atoms with Crippen LogP contribution in [0.15, 0.2) is 77.8 Å². The van der Waals surface area contributed by atoms with Crippen molar-refractivity contribution in [2.45, 2.75) is 83.0 Å². The first-order chi connectivity index (χ1) is 21.3. The van der Waals surface area contributed by atoms with E-state index in [0.29, 0.717) is 0 Å². The van der Waals surface area contributed by atoms with E-state index < -0.39 is 11.5 Å². The first kappa shape index (κ1) is 29.9. The average Bonchev–Trinajstić information content (AvgIpc) is 3.28. The third-order valence-electron chi connectivity index (χ3n) is 9.13. The van der Waals surface area contributed by atoms with Gasteiger partial charge in [0.25, 0.3) is 0 Å². The van der Waals surface area contributed by atoms with Gasteiger partial charge in [0.05, 0.1) is 23.4 Å². The van der Waals surface area contributed by atoms with Crippen LogP contribution in [0.5, 0.6) is 5.75 Å². The van der Waals surface area contributed by atoms with E-state index in [1.54, 1.807) is 12.1 Å². The van der Waals surface area contributed by atoms with Crippen LogP contribution in [0.25, 0.3) is 11.1 Å². The molecular weight excluding hydrogens is 552 g/mol. The maximum Gasteiger partial charge on any atom is 0.335 e. The molecule has 6 rings (SSSR count). The van der Waals surface area contributed by atoms with Crippen molar-refractivity contribution in [3.63, 3.8) is 0 Å². The van der Waals surface area contributed by atoms with Crippen LogP contribution < -0.4 is 15.0 Å². The summed E-state index contributed by atoms with van der Waals surface area (Å²) < 4.78 is 5.93. The number of para-hydroxylation sites is 1. The van der Waals surface area contributed by atoms with Crippen molar-refractivity contribution in [3.8, 4) is 16.9 Å². The Bertz CT molecular complexity index is 1520. The predicted octanol–water partition coefficient (Wildman–Crippen LogP) is 7.13. The van der Waals surface area contributed by atoms with Gasteiger partial charge in [-0.15, -0.1) is 0 Å². The Balaban J connectivity index is 1.32. The Hall–Kier alpha value is -4.17. The molecule has 0 aromatic heterocycles. The van der Waals surface area contributed by atoms with Gasteiger partial charge in [0.2, 0.25) is 0 Å². The summed E-state index contributed by atoms with van der Waals surface area (Å²) in [5.74, 6) is 0.729. The number of carbonyl (C=O) groups excluding carboxylic acids is 1. The highest BCUT2D eigenvalue weighted by Crippen LogP contribution is 2.43. The summed E-state index contributed by atoms with van der Waals surface area (Å²) in [5.41, 5.74) is 3.44. The Morgan fingerprint density at radius 2 is 1.73 bits per heavy atom. The van der Waals surface area contributed by atoms with Crippen LogP contribution in [-0.4, -0.2) is 58.6 Å². The summed E-state index contributed by atoms with van der Waals surface area (Å²) in [4.78, 5) is 35.1. The van der Waals surface area contributed by atoms with Gasteiger partial charge in [-0.2, -0.15) is 0 Å². The van der Waals surface area contributed by atoms with E-state index >= 15 is 0 Å². The van der Waals surface area contributed by atoms with E-state index in [0.717, 1.165) is 73.7 Å². The largest absolute Gasteiger partial charge is 0.491 e. The number of benzene rings is 3. The highest BCUT2D eigenvalue weighted by molar-refractivity contribution is 6.20. The molecule has 3 aliphatic rings. The van der Waals surface area contributed by atoms with Crippen molar-refractivity contribution in [2.24, 2.45) is 4.99 Å². The van der Waals surface area contributed by atoms with E-state index in [-0.39, 0.29) is 23.7 Å². The molecule has 2 saturated heterocycles. The number of hydrogen-bond acceptors (Lipinski definition) is 5. The van der Waals surface area contributed by atoms with E-state index in [4.69, 9.17) is 9.73 Å². The summed E-state index contributed by atoms with van der Waals surface area (Å²) in [7, 11) is 0. The standard InChI is InChI=1S/C36H42N4O4/c1-25(2)44-30-12-8-9-26(23-30)24-39-21-19-36(20-22-39)34(37-29-10-4-3-5-11-29)38-35(43)40(36)32-14-7-6-13-31(32)27-15-17-28(18-16-27)33(41)42/h6-9,12-18,23,25,29H,3-5,10-11,19-22,24H2,1-2H3,(H,41,42)(H,37,38,43). The van der Waals surface area contributed by atoms with E-state index in [1.165, 1.54) is 24.8 Å². The number of carbonyl (C=O) groups is 2. The molecule has 0 radical (unpaired) electrons. The monoisotopic (exact) mass is 594 g/mol. The molecule has 1 aliphatic carbocycles. The van der Waals surface area contributed by atoms with Crippen molar-refractivity contribution in [1.82, 2.24) is 10.2 Å². The lowest BCUT2D eigenvalue weighted by atomic mass is 9.84. The highest BCUT2D eigenvalue weighted by Gasteiger charge is 2.53. The minimum Gasteiger partial charge on any atom is -0.491 e. The molecule has 8 nitrogen and oxygen atoms in total. The van der Waals surface area contributed by atoms with Gasteiger partial charge in [0, 0.05) is 25.2 Å². The second-order valence-electron chi connectivity index (χ2n) is 12.6. The summed E-state index contributed by atoms with van der Waals surface area (Å²) in [5, 5.41) is 12.6. The molecule has 2 heterocycles. The molecule has 0 atom stereocenters. The molecule has 2 amide bonds. The number of rotatable bonds is 8. The van der Waals surface area contributed by atoms with Crippen LogP contribution in [0.3, 0.4) is 0 Å². The molecule has 1 saturated carbocycles. The maximum absolute atomic E-state index is 14.0. The van der Waals surface area contributed by atoms with Crippen LogP contribution in [0.1, 0.15) is 74.7 Å². The summed E-state index contributed by atoms with van der Waals surface area (Å²) >= 11 is 0. The lowest BCUT2D eigenvalue weighted by molar-refractivity contribution is 0.0697. The number of aromatic carboxylic acids is 1. The van der Waals surface area contributed by atoms with E-state index in [2.05, 4.69) is 28.4 Å². The molecule has 230 valence electrons. The average molecular weight is 595 g/mol. The number of anilines is 1. The van der Waals surface area contributed by atoms with Gasteiger partial charge in [-0.3, -0.25) is 20.1 Å². The molecule has 3 aromatic carbocycles. The molecule has 0 unspecified atom stereocenters. The van der Waals surface area contributed by atoms with Crippen LogP contribution in [0.2, 0.25) is 0 Å². The zero-order chi connectivity index (χ0) is 30.7. The van der Waals surface area contributed by atoms with E-state index in [1.807, 2.05) is 61.2 Å². The molecule has 44 heavy (non-hydrogen) atoms. The fraction of sp³-hybridized carbons (Fsp3) is 0.417. The lowest BCUT2D eigenvalue weighted by Gasteiger charge is -2.44. The number of amides is 2. The molecule has 3 fully saturated rings. The Morgan fingerprint density at radius 1 is 1.00 bits per heavy atom. The van der Waals surface area contributed by atoms with E-state index in [9.17, 15) is 14.7 Å². The van der Waals surface area contributed by atoms with Crippen LogP contribution in [-0.2, 0) is 6.54 Å². The number of carboxylic acids is 1. The highest BCUT2D eigenvalue weighted by atomic mass is 16.5. The normalized spacial score (nSPS) is 19.9. The van der Waals surface area contributed by atoms with Crippen molar-refractivity contribution < 1.29 is 19.4 Å². The molecule has 2 N–H and O–H groups in total. The number of carboxylic acid groups (broad SMARTS) is 1. The van der Waals surface area contributed by atoms with Gasteiger partial charge in [0.1, 0.15) is 17.1 Å². The van der Waals surface area contributed by atoms with Crippen LogP contribution >= 0.6 is 0 Å². The number of aliphatic imine (C=N–C) groups is 1. The summed E-state index contributed by atoms with van der Waals surface area (Å²) in [6.07, 6.45) is 7.35. The molecular formula is C36H42N4O4. The van der Waals surface area contributed by atoms with Crippen molar-refractivity contribution >= 4 is 23.5 Å². The first-order valence-corrected chi connectivity index (χ1v) is 15.9. The maximum atomic E-state index is 14.0.